The van der Waals surface area contributed by atoms with Gasteiger partial charge in [-0.1, -0.05) is 38.5 Å². The SMILES string of the molecule is CCCC(CC)c1ccccc1O. The van der Waals surface area contributed by atoms with Gasteiger partial charge < -0.3 is 5.11 Å². The minimum atomic E-state index is 0.447. The highest BCUT2D eigenvalue weighted by Gasteiger charge is 2.11. The van der Waals surface area contributed by atoms with Gasteiger partial charge in [-0.25, -0.2) is 0 Å². The number of phenols is 1. The minimum Gasteiger partial charge on any atom is -0.508 e. The van der Waals surface area contributed by atoms with E-state index in [2.05, 4.69) is 13.8 Å². The molecule has 0 saturated carbocycles. The van der Waals surface area contributed by atoms with E-state index < -0.39 is 0 Å². The molecule has 1 N–H and O–H groups in total. The Balaban J connectivity index is 2.84. The minimum absolute atomic E-state index is 0.447. The van der Waals surface area contributed by atoms with Gasteiger partial charge in [-0.2, -0.15) is 0 Å². The summed E-state index contributed by atoms with van der Waals surface area (Å²) in [6, 6.07) is 7.66. The molecule has 72 valence electrons. The van der Waals surface area contributed by atoms with Gasteiger partial charge in [-0.3, -0.25) is 0 Å². The van der Waals surface area contributed by atoms with E-state index in [1.54, 1.807) is 6.07 Å². The molecule has 1 aromatic carbocycles. The lowest BCUT2D eigenvalue weighted by Gasteiger charge is -2.15. The largest absolute Gasteiger partial charge is 0.508 e. The van der Waals surface area contributed by atoms with Crippen molar-refractivity contribution in [3.8, 4) is 5.75 Å². The Kier molecular flexibility index (Phi) is 3.81. The van der Waals surface area contributed by atoms with Crippen molar-refractivity contribution in [2.45, 2.75) is 39.0 Å². The molecule has 1 rings (SSSR count). The lowest BCUT2D eigenvalue weighted by Crippen LogP contribution is -1.96. The third-order valence-corrected chi connectivity index (χ3v) is 2.51. The van der Waals surface area contributed by atoms with E-state index in [9.17, 15) is 5.11 Å². The summed E-state index contributed by atoms with van der Waals surface area (Å²) in [5, 5.41) is 9.64. The van der Waals surface area contributed by atoms with Crippen LogP contribution in [-0.2, 0) is 0 Å². The van der Waals surface area contributed by atoms with E-state index in [0.717, 1.165) is 18.4 Å². The zero-order chi connectivity index (χ0) is 9.68. The Morgan fingerprint density at radius 2 is 1.92 bits per heavy atom. The number of aromatic hydroxyl groups is 1. The number of phenolic OH excluding ortho intramolecular Hbond substituents is 1. The van der Waals surface area contributed by atoms with Crippen LogP contribution in [0.25, 0.3) is 0 Å². The van der Waals surface area contributed by atoms with Crippen LogP contribution in [0.15, 0.2) is 24.3 Å². The molecule has 0 bridgehead atoms. The van der Waals surface area contributed by atoms with Crippen molar-refractivity contribution in [2.24, 2.45) is 0 Å². The molecule has 0 saturated heterocycles. The summed E-state index contributed by atoms with van der Waals surface area (Å²) < 4.78 is 0. The number of hydrogen-bond acceptors (Lipinski definition) is 1. The van der Waals surface area contributed by atoms with E-state index in [1.807, 2.05) is 18.2 Å². The van der Waals surface area contributed by atoms with Gasteiger partial charge in [0.15, 0.2) is 0 Å². The van der Waals surface area contributed by atoms with Gasteiger partial charge >= 0.3 is 0 Å². The Morgan fingerprint density at radius 3 is 2.46 bits per heavy atom. The van der Waals surface area contributed by atoms with Crippen molar-refractivity contribution < 1.29 is 5.11 Å². The van der Waals surface area contributed by atoms with Gasteiger partial charge in [0.25, 0.3) is 0 Å². The fourth-order valence-corrected chi connectivity index (χ4v) is 1.76. The van der Waals surface area contributed by atoms with Gasteiger partial charge in [0.1, 0.15) is 5.75 Å². The van der Waals surface area contributed by atoms with E-state index in [1.165, 1.54) is 6.42 Å². The summed E-state index contributed by atoms with van der Waals surface area (Å²) in [7, 11) is 0. The highest BCUT2D eigenvalue weighted by molar-refractivity contribution is 5.34. The molecule has 0 aromatic heterocycles. The first-order valence-electron chi connectivity index (χ1n) is 5.07. The molecule has 13 heavy (non-hydrogen) atoms. The fraction of sp³-hybridized carbons (Fsp3) is 0.500. The number of benzene rings is 1. The third kappa shape index (κ3) is 2.48. The molecule has 0 aliphatic rings. The smallest absolute Gasteiger partial charge is 0.119 e. The molecule has 0 heterocycles. The second-order valence-corrected chi connectivity index (χ2v) is 3.45. The summed E-state index contributed by atoms with van der Waals surface area (Å²) in [6.45, 7) is 4.36. The van der Waals surface area contributed by atoms with Crippen LogP contribution in [0.4, 0.5) is 0 Å². The van der Waals surface area contributed by atoms with Gasteiger partial charge in [-0.15, -0.1) is 0 Å². The molecule has 0 aliphatic heterocycles. The van der Waals surface area contributed by atoms with Crippen molar-refractivity contribution in [1.82, 2.24) is 0 Å². The Bertz CT molecular complexity index is 255. The van der Waals surface area contributed by atoms with E-state index in [0.29, 0.717) is 11.7 Å². The standard InChI is InChI=1S/C12H18O/c1-3-7-10(4-2)11-8-5-6-9-12(11)13/h5-6,8-10,13H,3-4,7H2,1-2H3. The van der Waals surface area contributed by atoms with Crippen LogP contribution in [-0.4, -0.2) is 5.11 Å². The Labute approximate surface area is 80.4 Å². The summed E-state index contributed by atoms with van der Waals surface area (Å²) in [5.74, 6) is 0.967. The van der Waals surface area contributed by atoms with Crippen molar-refractivity contribution in [3.05, 3.63) is 29.8 Å². The first kappa shape index (κ1) is 10.1. The van der Waals surface area contributed by atoms with Crippen LogP contribution >= 0.6 is 0 Å². The number of rotatable bonds is 4. The van der Waals surface area contributed by atoms with Gasteiger partial charge in [-0.05, 0) is 30.4 Å². The highest BCUT2D eigenvalue weighted by Crippen LogP contribution is 2.30. The molecule has 1 nitrogen and oxygen atoms in total. The summed E-state index contributed by atoms with van der Waals surface area (Å²) in [6.07, 6.45) is 3.44. The maximum absolute atomic E-state index is 9.64. The maximum atomic E-state index is 9.64. The number of para-hydroxylation sites is 1. The van der Waals surface area contributed by atoms with Gasteiger partial charge in [0.05, 0.1) is 0 Å². The lowest BCUT2D eigenvalue weighted by molar-refractivity contribution is 0.454. The summed E-state index contributed by atoms with van der Waals surface area (Å²) >= 11 is 0. The van der Waals surface area contributed by atoms with Crippen LogP contribution in [0.2, 0.25) is 0 Å². The van der Waals surface area contributed by atoms with Crippen molar-refractivity contribution in [3.63, 3.8) is 0 Å². The predicted molar refractivity (Wildman–Crippen MR) is 56.0 cm³/mol. The highest BCUT2D eigenvalue weighted by atomic mass is 16.3. The zero-order valence-corrected chi connectivity index (χ0v) is 8.46. The molecule has 1 heteroatoms. The van der Waals surface area contributed by atoms with Crippen LogP contribution in [0.5, 0.6) is 5.75 Å². The Hall–Kier alpha value is -0.980. The summed E-state index contributed by atoms with van der Waals surface area (Å²) in [5.41, 5.74) is 1.10. The molecule has 1 aromatic rings. The van der Waals surface area contributed by atoms with Crippen molar-refractivity contribution in [1.29, 1.82) is 0 Å². The molecule has 1 unspecified atom stereocenters. The van der Waals surface area contributed by atoms with Crippen LogP contribution < -0.4 is 0 Å². The Morgan fingerprint density at radius 1 is 1.23 bits per heavy atom. The predicted octanol–water partition coefficient (Wildman–Crippen LogP) is 3.69. The monoisotopic (exact) mass is 178 g/mol. The molecular formula is C12H18O. The van der Waals surface area contributed by atoms with E-state index >= 15 is 0 Å². The molecule has 0 spiro atoms. The van der Waals surface area contributed by atoms with Crippen molar-refractivity contribution in [2.75, 3.05) is 0 Å². The molecule has 0 radical (unpaired) electrons. The first-order chi connectivity index (χ1) is 6.29. The van der Waals surface area contributed by atoms with E-state index in [-0.39, 0.29) is 0 Å². The molecular weight excluding hydrogens is 160 g/mol. The van der Waals surface area contributed by atoms with Gasteiger partial charge in [0.2, 0.25) is 0 Å². The fourth-order valence-electron chi connectivity index (χ4n) is 1.76. The molecule has 0 aliphatic carbocycles. The van der Waals surface area contributed by atoms with Gasteiger partial charge in [0, 0.05) is 0 Å². The second kappa shape index (κ2) is 4.90. The molecule has 0 fully saturated rings. The van der Waals surface area contributed by atoms with Crippen molar-refractivity contribution >= 4 is 0 Å². The van der Waals surface area contributed by atoms with Crippen LogP contribution in [0.3, 0.4) is 0 Å². The summed E-state index contributed by atoms with van der Waals surface area (Å²) in [4.78, 5) is 0. The number of hydrogen-bond donors (Lipinski definition) is 1. The third-order valence-electron chi connectivity index (χ3n) is 2.51. The van der Waals surface area contributed by atoms with Crippen LogP contribution in [0, 0.1) is 0 Å². The average Bonchev–Trinajstić information content (AvgIpc) is 2.16. The maximum Gasteiger partial charge on any atom is 0.119 e. The van der Waals surface area contributed by atoms with Crippen LogP contribution in [0.1, 0.15) is 44.6 Å². The second-order valence-electron chi connectivity index (χ2n) is 3.45. The lowest BCUT2D eigenvalue weighted by atomic mass is 9.91. The zero-order valence-electron chi connectivity index (χ0n) is 8.46. The average molecular weight is 178 g/mol. The normalized spacial score (nSPS) is 12.8. The molecule has 0 amide bonds. The quantitative estimate of drug-likeness (QED) is 0.745. The molecule has 1 atom stereocenters. The van der Waals surface area contributed by atoms with E-state index in [4.69, 9.17) is 0 Å². The topological polar surface area (TPSA) is 20.2 Å². The first-order valence-corrected chi connectivity index (χ1v) is 5.07.